The number of hydrazone groups is 1. The third-order valence-electron chi connectivity index (χ3n) is 6.34. The van der Waals surface area contributed by atoms with Gasteiger partial charge in [0.1, 0.15) is 23.7 Å². The first-order valence-corrected chi connectivity index (χ1v) is 13.1. The van der Waals surface area contributed by atoms with Crippen LogP contribution in [-0.2, 0) is 17.3 Å². The zero-order chi connectivity index (χ0) is 32.3. The van der Waals surface area contributed by atoms with E-state index >= 15 is 8.78 Å². The predicted molar refractivity (Wildman–Crippen MR) is 158 cm³/mol. The quantitative estimate of drug-likeness (QED) is 0.0448. The molecule has 2 aromatic carbocycles. The van der Waals surface area contributed by atoms with Gasteiger partial charge in [-0.1, -0.05) is 42.2 Å². The van der Waals surface area contributed by atoms with Crippen molar-refractivity contribution in [2.75, 3.05) is 6.54 Å². The van der Waals surface area contributed by atoms with E-state index in [2.05, 4.69) is 27.2 Å². The summed E-state index contributed by atoms with van der Waals surface area (Å²) in [6.07, 6.45) is 5.28. The number of carbonyl (C=O) groups excluding carboxylic acids is 1. The van der Waals surface area contributed by atoms with Crippen molar-refractivity contribution >= 4 is 12.2 Å². The van der Waals surface area contributed by atoms with E-state index in [4.69, 9.17) is 16.9 Å². The summed E-state index contributed by atoms with van der Waals surface area (Å²) in [7, 11) is 0. The minimum Gasteiger partial charge on any atom is -0.348 e. The maximum atomic E-state index is 15.7. The summed E-state index contributed by atoms with van der Waals surface area (Å²) in [6, 6.07) is 13.7. The molecule has 8 nitrogen and oxygen atoms in total. The van der Waals surface area contributed by atoms with Gasteiger partial charge >= 0.3 is 0 Å². The van der Waals surface area contributed by atoms with Gasteiger partial charge in [-0.25, -0.2) is 14.6 Å². The highest BCUT2D eigenvalue weighted by molar-refractivity contribution is 5.93. The summed E-state index contributed by atoms with van der Waals surface area (Å²) in [4.78, 5) is 16.3. The molecule has 0 bridgehead atoms. The van der Waals surface area contributed by atoms with Crippen molar-refractivity contribution in [3.8, 4) is 17.9 Å². The number of carbonyl (C=O) groups is 1. The van der Waals surface area contributed by atoms with Crippen molar-refractivity contribution in [1.82, 2.24) is 15.3 Å². The molecule has 3 aromatic rings. The maximum Gasteiger partial charge on any atom is 0.298 e. The van der Waals surface area contributed by atoms with Crippen molar-refractivity contribution in [3.05, 3.63) is 124 Å². The number of benzene rings is 2. The molecule has 5 N–H and O–H groups in total. The van der Waals surface area contributed by atoms with Crippen molar-refractivity contribution in [1.29, 1.82) is 5.26 Å². The Hall–Kier alpha value is -5.46. The molecule has 1 heterocycles. The summed E-state index contributed by atoms with van der Waals surface area (Å²) < 4.78 is 59.4. The van der Waals surface area contributed by atoms with Crippen LogP contribution < -0.4 is 17.0 Å². The van der Waals surface area contributed by atoms with Crippen LogP contribution in [0, 0.1) is 34.8 Å². The number of nitrogens with zero attached hydrogens (tertiary/aromatic N) is 4. The second kappa shape index (κ2) is 15.1. The normalized spacial score (nSPS) is 12.7. The number of pyridine rings is 1. The number of amides is 1. The average molecular weight is 604 g/mol. The highest BCUT2D eigenvalue weighted by atomic mass is 19.3. The van der Waals surface area contributed by atoms with Gasteiger partial charge in [-0.3, -0.25) is 14.8 Å². The summed E-state index contributed by atoms with van der Waals surface area (Å²) in [5.41, 5.74) is 1.50. The van der Waals surface area contributed by atoms with Crippen molar-refractivity contribution in [2.24, 2.45) is 16.8 Å². The van der Waals surface area contributed by atoms with Crippen LogP contribution in [-0.4, -0.2) is 28.8 Å². The monoisotopic (exact) mass is 603 g/mol. The summed E-state index contributed by atoms with van der Waals surface area (Å²) in [6.45, 7) is 3.00. The topological polar surface area (TPSA) is 133 Å². The van der Waals surface area contributed by atoms with Crippen molar-refractivity contribution in [3.63, 3.8) is 0 Å². The molecular weight excluding hydrogens is 574 g/mol. The van der Waals surface area contributed by atoms with Crippen LogP contribution >= 0.6 is 0 Å². The number of halogens is 4. The number of hydrazine groups is 1. The number of aromatic nitrogens is 1. The third kappa shape index (κ3) is 9.02. The van der Waals surface area contributed by atoms with E-state index < -0.39 is 41.3 Å². The fraction of sp³-hybridized carbons (Fsp3) is 0.188. The number of hydrogen-bond donors (Lipinski definition) is 3. The van der Waals surface area contributed by atoms with Gasteiger partial charge < -0.3 is 11.2 Å². The Balaban J connectivity index is 1.72. The lowest BCUT2D eigenvalue weighted by atomic mass is 9.89. The lowest BCUT2D eigenvalue weighted by molar-refractivity contribution is -0.117. The van der Waals surface area contributed by atoms with Crippen LogP contribution in [0.1, 0.15) is 47.7 Å². The second-order valence-corrected chi connectivity index (χ2v) is 9.68. The van der Waals surface area contributed by atoms with Gasteiger partial charge in [0.05, 0.1) is 17.6 Å². The number of nitriles is 1. The zero-order valence-corrected chi connectivity index (χ0v) is 23.9. The largest absolute Gasteiger partial charge is 0.348 e. The number of nitrogens with one attached hydrogen (secondary N) is 1. The average Bonchev–Trinajstić information content (AvgIpc) is 3.01. The summed E-state index contributed by atoms with van der Waals surface area (Å²) in [5, 5.41) is 15.7. The first-order valence-electron chi connectivity index (χ1n) is 13.1. The van der Waals surface area contributed by atoms with Crippen LogP contribution in [0.4, 0.5) is 17.6 Å². The van der Waals surface area contributed by atoms with Crippen LogP contribution in [0.3, 0.4) is 0 Å². The Morgan fingerprint density at radius 1 is 1.14 bits per heavy atom. The van der Waals surface area contributed by atoms with Gasteiger partial charge in [0.15, 0.2) is 0 Å². The Morgan fingerprint density at radius 2 is 1.91 bits per heavy atom. The highest BCUT2D eigenvalue weighted by Gasteiger charge is 2.45. The number of allylic oxidation sites excluding steroid dienone is 3. The molecule has 1 aromatic heterocycles. The van der Waals surface area contributed by atoms with Gasteiger partial charge in [0.25, 0.3) is 5.92 Å². The van der Waals surface area contributed by atoms with Gasteiger partial charge in [0, 0.05) is 36.5 Å². The van der Waals surface area contributed by atoms with E-state index in [9.17, 15) is 13.6 Å². The minimum atomic E-state index is -3.73. The maximum absolute atomic E-state index is 15.7. The molecular formula is C32H29F4N7O. The fourth-order valence-electron chi connectivity index (χ4n) is 3.99. The molecule has 12 heteroatoms. The van der Waals surface area contributed by atoms with Gasteiger partial charge in [-0.05, 0) is 60.9 Å². The molecule has 226 valence electrons. The van der Waals surface area contributed by atoms with E-state index in [0.717, 1.165) is 41.3 Å². The van der Waals surface area contributed by atoms with Crippen LogP contribution in [0.15, 0.2) is 89.2 Å². The van der Waals surface area contributed by atoms with Crippen molar-refractivity contribution < 1.29 is 22.4 Å². The lowest BCUT2D eigenvalue weighted by Crippen LogP contribution is -2.40. The Kier molecular flexibility index (Phi) is 11.4. The number of alkyl halides is 2. The molecule has 0 spiro atoms. The molecule has 1 unspecified atom stereocenters. The SMILES string of the molecule is C/C(C#Cc1ccc(C(F)(F)C(CN(N)/C=N\N)c2ccc(F)cc2F)nc1)=C\C=C(/C)C(=O)NCc1cccc(C#N)c1. The van der Waals surface area contributed by atoms with Crippen LogP contribution in [0.2, 0.25) is 0 Å². The minimum absolute atomic E-state index is 0.260. The van der Waals surface area contributed by atoms with Crippen molar-refractivity contribution in [2.45, 2.75) is 32.2 Å². The molecule has 0 aliphatic heterocycles. The van der Waals surface area contributed by atoms with Gasteiger partial charge in [-0.15, -0.1) is 0 Å². The molecule has 0 aliphatic rings. The van der Waals surface area contributed by atoms with Crippen LogP contribution in [0.5, 0.6) is 0 Å². The summed E-state index contributed by atoms with van der Waals surface area (Å²) in [5.74, 6) is 8.43. The Bertz CT molecular complexity index is 1680. The first-order chi connectivity index (χ1) is 20.9. The number of nitrogens with two attached hydrogens (primary N) is 2. The number of hydrogen-bond acceptors (Lipinski definition) is 6. The second-order valence-electron chi connectivity index (χ2n) is 9.68. The third-order valence-corrected chi connectivity index (χ3v) is 6.34. The van der Waals surface area contributed by atoms with E-state index in [0.29, 0.717) is 28.3 Å². The molecule has 44 heavy (non-hydrogen) atoms. The molecule has 0 aliphatic carbocycles. The standard InChI is InChI=1S/C32H29F4N7O/c1-21(6-8-22(2)31(44)41-18-25-5-3-4-24(14-25)16-37)7-9-23-10-13-30(40-17-23)32(35,36)28(19-43(39)20-42-38)27-12-11-26(33)15-29(27)34/h3-6,8,10-15,17,20,28H,18-19,38-39H2,1-2H3,(H,41,44)/b21-6+,22-8+,42-20-. The van der Waals surface area contributed by atoms with Gasteiger partial charge in [0.2, 0.25) is 5.91 Å². The van der Waals surface area contributed by atoms with Gasteiger partial charge in [-0.2, -0.15) is 19.1 Å². The molecule has 1 amide bonds. The molecule has 1 atom stereocenters. The highest BCUT2D eigenvalue weighted by Crippen LogP contribution is 2.42. The van der Waals surface area contributed by atoms with E-state index in [1.807, 2.05) is 6.07 Å². The predicted octanol–water partition coefficient (Wildman–Crippen LogP) is 4.75. The molecule has 0 saturated heterocycles. The fourth-order valence-corrected chi connectivity index (χ4v) is 3.99. The van der Waals surface area contributed by atoms with E-state index in [1.54, 1.807) is 50.3 Å². The number of rotatable bonds is 10. The van der Waals surface area contributed by atoms with Crippen LogP contribution in [0.25, 0.3) is 0 Å². The molecule has 3 rings (SSSR count). The lowest BCUT2D eigenvalue weighted by Gasteiger charge is -2.29. The van der Waals surface area contributed by atoms with E-state index in [-0.39, 0.29) is 12.5 Å². The zero-order valence-electron chi connectivity index (χ0n) is 23.9. The molecule has 0 fully saturated rings. The first kappa shape index (κ1) is 33.0. The smallest absolute Gasteiger partial charge is 0.298 e. The Morgan fingerprint density at radius 3 is 2.57 bits per heavy atom. The molecule has 0 saturated carbocycles. The Labute approximate surface area is 252 Å². The van der Waals surface area contributed by atoms with E-state index in [1.165, 1.54) is 6.07 Å². The molecule has 0 radical (unpaired) electrons. The summed E-state index contributed by atoms with van der Waals surface area (Å²) >= 11 is 0.